The van der Waals surface area contributed by atoms with Crippen molar-refractivity contribution in [1.29, 1.82) is 0 Å². The first-order valence-corrected chi connectivity index (χ1v) is 8.52. The van der Waals surface area contributed by atoms with Crippen molar-refractivity contribution in [3.8, 4) is 0 Å². The standard InChI is InChI=1S/C17H19NO4S/c1-10-13(17(20)21)7-11(22-10)8-18(2)16(19)14-9-23-15-6-4-3-5-12(14)15/h7,9H,3-6,8H2,1-2H3,(H,20,21). The van der Waals surface area contributed by atoms with Crippen molar-refractivity contribution < 1.29 is 19.1 Å². The van der Waals surface area contributed by atoms with Gasteiger partial charge in [-0.3, -0.25) is 4.79 Å². The number of nitrogens with zero attached hydrogens (tertiary/aromatic N) is 1. The third kappa shape index (κ3) is 3.03. The normalized spacial score (nSPS) is 13.7. The Bertz CT molecular complexity index is 759. The highest BCUT2D eigenvalue weighted by molar-refractivity contribution is 7.10. The fourth-order valence-electron chi connectivity index (χ4n) is 3.02. The van der Waals surface area contributed by atoms with Gasteiger partial charge in [0, 0.05) is 17.3 Å². The lowest BCUT2D eigenvalue weighted by atomic mass is 9.95. The molecule has 23 heavy (non-hydrogen) atoms. The van der Waals surface area contributed by atoms with E-state index in [1.54, 1.807) is 30.2 Å². The van der Waals surface area contributed by atoms with Crippen LogP contribution in [0.25, 0.3) is 0 Å². The van der Waals surface area contributed by atoms with Crippen molar-refractivity contribution in [1.82, 2.24) is 4.90 Å². The molecular formula is C17H19NO4S. The molecule has 1 N–H and O–H groups in total. The maximum absolute atomic E-state index is 12.7. The van der Waals surface area contributed by atoms with Crippen LogP contribution in [0.1, 0.15) is 55.5 Å². The van der Waals surface area contributed by atoms with Crippen LogP contribution in [0, 0.1) is 6.92 Å². The van der Waals surface area contributed by atoms with Crippen molar-refractivity contribution in [3.63, 3.8) is 0 Å². The zero-order valence-electron chi connectivity index (χ0n) is 13.2. The lowest BCUT2D eigenvalue weighted by Crippen LogP contribution is -2.26. The van der Waals surface area contributed by atoms with Crippen LogP contribution in [0.2, 0.25) is 0 Å². The smallest absolute Gasteiger partial charge is 0.339 e. The molecule has 2 heterocycles. The molecular weight excluding hydrogens is 314 g/mol. The first kappa shape index (κ1) is 15.8. The lowest BCUT2D eigenvalue weighted by molar-refractivity contribution is 0.0694. The highest BCUT2D eigenvalue weighted by Crippen LogP contribution is 2.31. The van der Waals surface area contributed by atoms with Gasteiger partial charge in [0.1, 0.15) is 17.1 Å². The van der Waals surface area contributed by atoms with Crippen LogP contribution in [0.4, 0.5) is 0 Å². The average molecular weight is 333 g/mol. The second kappa shape index (κ2) is 6.20. The summed E-state index contributed by atoms with van der Waals surface area (Å²) in [5, 5.41) is 11.0. The average Bonchev–Trinajstić information content (AvgIpc) is 3.10. The number of rotatable bonds is 4. The Morgan fingerprint density at radius 3 is 2.74 bits per heavy atom. The molecule has 1 aliphatic carbocycles. The highest BCUT2D eigenvalue weighted by atomic mass is 32.1. The SMILES string of the molecule is Cc1oc(CN(C)C(=O)c2csc3c2CCCC3)cc1C(=O)O. The Morgan fingerprint density at radius 1 is 1.30 bits per heavy atom. The minimum absolute atomic E-state index is 0.0321. The molecule has 0 saturated heterocycles. The number of amides is 1. The van der Waals surface area contributed by atoms with Crippen LogP contribution in [0.5, 0.6) is 0 Å². The summed E-state index contributed by atoms with van der Waals surface area (Å²) in [5.74, 6) is -0.199. The van der Waals surface area contributed by atoms with Gasteiger partial charge in [0.2, 0.25) is 0 Å². The van der Waals surface area contributed by atoms with Gasteiger partial charge < -0.3 is 14.4 Å². The fourth-order valence-corrected chi connectivity index (χ4v) is 4.14. The molecule has 2 aromatic rings. The predicted octanol–water partition coefficient (Wildman–Crippen LogP) is 3.50. The number of aromatic carboxylic acids is 1. The summed E-state index contributed by atoms with van der Waals surface area (Å²) in [6.07, 6.45) is 4.36. The van der Waals surface area contributed by atoms with Gasteiger partial charge in [0.15, 0.2) is 0 Å². The first-order chi connectivity index (χ1) is 11.0. The van der Waals surface area contributed by atoms with Crippen molar-refractivity contribution in [3.05, 3.63) is 44.5 Å². The minimum Gasteiger partial charge on any atom is -0.478 e. The molecule has 0 saturated carbocycles. The van der Waals surface area contributed by atoms with Gasteiger partial charge in [-0.1, -0.05) is 0 Å². The molecule has 6 heteroatoms. The number of hydrogen-bond donors (Lipinski definition) is 1. The zero-order chi connectivity index (χ0) is 16.6. The molecule has 0 unspecified atom stereocenters. The van der Waals surface area contributed by atoms with Crippen molar-refractivity contribution >= 4 is 23.2 Å². The van der Waals surface area contributed by atoms with Gasteiger partial charge in [-0.25, -0.2) is 4.79 Å². The van der Waals surface area contributed by atoms with Crippen LogP contribution >= 0.6 is 11.3 Å². The monoisotopic (exact) mass is 333 g/mol. The second-order valence-electron chi connectivity index (χ2n) is 5.91. The number of carboxylic acids is 1. The summed E-state index contributed by atoms with van der Waals surface area (Å²) in [4.78, 5) is 26.7. The number of carbonyl (C=O) groups excluding carboxylic acids is 1. The molecule has 0 atom stereocenters. The van der Waals surface area contributed by atoms with Crippen molar-refractivity contribution in [2.24, 2.45) is 0 Å². The van der Waals surface area contributed by atoms with Gasteiger partial charge in [-0.15, -0.1) is 11.3 Å². The van der Waals surface area contributed by atoms with E-state index in [0.717, 1.165) is 24.8 Å². The molecule has 5 nitrogen and oxygen atoms in total. The highest BCUT2D eigenvalue weighted by Gasteiger charge is 2.23. The number of hydrogen-bond acceptors (Lipinski definition) is 4. The summed E-state index contributed by atoms with van der Waals surface area (Å²) >= 11 is 1.67. The van der Waals surface area contributed by atoms with Crippen LogP contribution in [0.3, 0.4) is 0 Å². The number of furan rings is 1. The van der Waals surface area contributed by atoms with E-state index in [2.05, 4.69) is 0 Å². The Labute approximate surface area is 138 Å². The van der Waals surface area contributed by atoms with E-state index in [1.165, 1.54) is 22.9 Å². The van der Waals surface area contributed by atoms with Crippen LogP contribution in [0.15, 0.2) is 15.9 Å². The number of carboxylic acid groups (broad SMARTS) is 1. The third-order valence-electron chi connectivity index (χ3n) is 4.23. The summed E-state index contributed by atoms with van der Waals surface area (Å²) < 4.78 is 5.45. The summed E-state index contributed by atoms with van der Waals surface area (Å²) in [6.45, 7) is 1.88. The molecule has 122 valence electrons. The Hall–Kier alpha value is -2.08. The second-order valence-corrected chi connectivity index (χ2v) is 6.87. The zero-order valence-corrected chi connectivity index (χ0v) is 14.0. The maximum atomic E-state index is 12.7. The first-order valence-electron chi connectivity index (χ1n) is 7.64. The van der Waals surface area contributed by atoms with Gasteiger partial charge in [-0.05, 0) is 44.2 Å². The Balaban J connectivity index is 1.76. The van der Waals surface area contributed by atoms with Crippen LogP contribution < -0.4 is 0 Å². The summed E-state index contributed by atoms with van der Waals surface area (Å²) in [5.41, 5.74) is 2.13. The fraction of sp³-hybridized carbons (Fsp3) is 0.412. The topological polar surface area (TPSA) is 70.8 Å². The summed E-state index contributed by atoms with van der Waals surface area (Å²) in [7, 11) is 1.72. The molecule has 0 fully saturated rings. The number of aryl methyl sites for hydroxylation is 2. The van der Waals surface area contributed by atoms with E-state index in [4.69, 9.17) is 9.52 Å². The van der Waals surface area contributed by atoms with E-state index in [-0.39, 0.29) is 18.0 Å². The van der Waals surface area contributed by atoms with Gasteiger partial charge >= 0.3 is 5.97 Å². The molecule has 0 aromatic carbocycles. The molecule has 2 aromatic heterocycles. The minimum atomic E-state index is -1.02. The van der Waals surface area contributed by atoms with Crippen LogP contribution in [-0.4, -0.2) is 28.9 Å². The summed E-state index contributed by atoms with van der Waals surface area (Å²) in [6, 6.07) is 1.49. The van der Waals surface area contributed by atoms with E-state index in [0.29, 0.717) is 11.5 Å². The van der Waals surface area contributed by atoms with Crippen molar-refractivity contribution in [2.75, 3.05) is 7.05 Å². The predicted molar refractivity (Wildman–Crippen MR) is 87.2 cm³/mol. The van der Waals surface area contributed by atoms with Crippen molar-refractivity contribution in [2.45, 2.75) is 39.2 Å². The molecule has 3 rings (SSSR count). The van der Waals surface area contributed by atoms with Crippen LogP contribution in [-0.2, 0) is 19.4 Å². The quantitative estimate of drug-likeness (QED) is 0.929. The Morgan fingerprint density at radius 2 is 2.04 bits per heavy atom. The van der Waals surface area contributed by atoms with E-state index in [9.17, 15) is 9.59 Å². The Kier molecular flexibility index (Phi) is 4.26. The van der Waals surface area contributed by atoms with Gasteiger partial charge in [0.25, 0.3) is 5.91 Å². The molecule has 1 amide bonds. The number of fused-ring (bicyclic) bond motifs is 1. The molecule has 0 aliphatic heterocycles. The molecule has 0 radical (unpaired) electrons. The maximum Gasteiger partial charge on any atom is 0.339 e. The van der Waals surface area contributed by atoms with E-state index in [1.807, 2.05) is 5.38 Å². The lowest BCUT2D eigenvalue weighted by Gasteiger charge is -2.18. The number of thiophene rings is 1. The number of carbonyl (C=O) groups is 2. The van der Waals surface area contributed by atoms with Gasteiger partial charge in [-0.2, -0.15) is 0 Å². The van der Waals surface area contributed by atoms with E-state index < -0.39 is 5.97 Å². The largest absolute Gasteiger partial charge is 0.478 e. The molecule has 1 aliphatic rings. The van der Waals surface area contributed by atoms with Gasteiger partial charge in [0.05, 0.1) is 12.1 Å². The van der Waals surface area contributed by atoms with E-state index >= 15 is 0 Å². The molecule has 0 spiro atoms. The molecule has 0 bridgehead atoms. The third-order valence-corrected chi connectivity index (χ3v) is 5.32.